The summed E-state index contributed by atoms with van der Waals surface area (Å²) >= 11 is 3.40. The predicted molar refractivity (Wildman–Crippen MR) is 110 cm³/mol. The van der Waals surface area contributed by atoms with Crippen molar-refractivity contribution in [3.05, 3.63) is 71.0 Å². The first kappa shape index (κ1) is 13.6. The lowest BCUT2D eigenvalue weighted by Gasteiger charge is -2.05. The van der Waals surface area contributed by atoms with Crippen LogP contribution in [0.2, 0.25) is 0 Å². The topological polar surface area (TPSA) is 32.9 Å². The Morgan fingerprint density at radius 3 is 2.40 bits per heavy atom. The Labute approximate surface area is 150 Å². The average Bonchev–Trinajstić information content (AvgIpc) is 3.18. The van der Waals surface area contributed by atoms with Crippen LogP contribution in [0.15, 0.2) is 65.5 Å². The molecule has 6 rings (SSSR count). The lowest BCUT2D eigenvalue weighted by atomic mass is 10.0. The maximum atomic E-state index is 12.7. The van der Waals surface area contributed by atoms with E-state index in [1.165, 1.54) is 30.3 Å². The fourth-order valence-corrected chi connectivity index (χ4v) is 6.43. The van der Waals surface area contributed by atoms with E-state index in [0.29, 0.717) is 0 Å². The van der Waals surface area contributed by atoms with E-state index in [1.807, 2.05) is 6.07 Å². The summed E-state index contributed by atoms with van der Waals surface area (Å²) < 4.78 is 4.56. The van der Waals surface area contributed by atoms with E-state index < -0.39 is 0 Å². The SMILES string of the molecule is O=c1[nH]c2ccc3ccccc3c2c2c1sc1c3ccccc3sc12. The summed E-state index contributed by atoms with van der Waals surface area (Å²) in [6.07, 6.45) is 0. The number of fused-ring (bicyclic) bond motifs is 9. The summed E-state index contributed by atoms with van der Waals surface area (Å²) in [6, 6.07) is 20.9. The van der Waals surface area contributed by atoms with Gasteiger partial charge in [0.15, 0.2) is 0 Å². The summed E-state index contributed by atoms with van der Waals surface area (Å²) in [5.41, 5.74) is 0.920. The Balaban J connectivity index is 2.01. The molecule has 118 valence electrons. The highest BCUT2D eigenvalue weighted by Gasteiger charge is 2.17. The normalized spacial score (nSPS) is 12.2. The van der Waals surface area contributed by atoms with Crippen LogP contribution in [0.25, 0.3) is 51.2 Å². The van der Waals surface area contributed by atoms with Crippen LogP contribution in [0, 0.1) is 0 Å². The fraction of sp³-hybridized carbons (Fsp3) is 0. The minimum Gasteiger partial charge on any atom is -0.321 e. The second kappa shape index (κ2) is 4.69. The molecule has 0 spiro atoms. The van der Waals surface area contributed by atoms with Crippen LogP contribution >= 0.6 is 22.7 Å². The number of hydrogen-bond donors (Lipinski definition) is 1. The molecule has 4 heteroatoms. The molecule has 6 aromatic rings. The van der Waals surface area contributed by atoms with Crippen molar-refractivity contribution < 1.29 is 0 Å². The van der Waals surface area contributed by atoms with Crippen LogP contribution in [0.5, 0.6) is 0 Å². The number of hydrogen-bond acceptors (Lipinski definition) is 3. The molecular formula is C21H11NOS2. The van der Waals surface area contributed by atoms with Gasteiger partial charge in [-0.15, -0.1) is 22.7 Å². The third-order valence-corrected chi connectivity index (χ3v) is 7.38. The van der Waals surface area contributed by atoms with Gasteiger partial charge in [0, 0.05) is 26.4 Å². The predicted octanol–water partition coefficient (Wildman–Crippen LogP) is 6.26. The molecular weight excluding hydrogens is 346 g/mol. The van der Waals surface area contributed by atoms with Gasteiger partial charge >= 0.3 is 0 Å². The molecule has 0 aliphatic carbocycles. The molecule has 0 bridgehead atoms. The first-order chi connectivity index (χ1) is 12.3. The zero-order valence-electron chi connectivity index (χ0n) is 13.0. The van der Waals surface area contributed by atoms with E-state index in [9.17, 15) is 4.79 Å². The molecule has 3 aromatic carbocycles. The van der Waals surface area contributed by atoms with Crippen LogP contribution < -0.4 is 5.56 Å². The number of aromatic amines is 1. The first-order valence-electron chi connectivity index (χ1n) is 8.09. The third-order valence-electron chi connectivity index (χ3n) is 4.84. The van der Waals surface area contributed by atoms with Crippen molar-refractivity contribution in [2.75, 3.05) is 0 Å². The van der Waals surface area contributed by atoms with Crippen molar-refractivity contribution in [2.45, 2.75) is 0 Å². The smallest absolute Gasteiger partial charge is 0.266 e. The molecule has 1 N–H and O–H groups in total. The van der Waals surface area contributed by atoms with Crippen LogP contribution in [0.1, 0.15) is 0 Å². The van der Waals surface area contributed by atoms with Crippen LogP contribution in [-0.4, -0.2) is 4.98 Å². The van der Waals surface area contributed by atoms with Gasteiger partial charge in [-0.1, -0.05) is 48.5 Å². The largest absolute Gasteiger partial charge is 0.321 e. The van der Waals surface area contributed by atoms with E-state index in [4.69, 9.17) is 0 Å². The average molecular weight is 357 g/mol. The molecule has 0 saturated heterocycles. The Bertz CT molecular complexity index is 1520. The zero-order chi connectivity index (χ0) is 16.5. The maximum absolute atomic E-state index is 12.7. The Morgan fingerprint density at radius 2 is 1.48 bits per heavy atom. The van der Waals surface area contributed by atoms with Gasteiger partial charge in [-0.05, 0) is 22.9 Å². The van der Waals surface area contributed by atoms with Gasteiger partial charge in [0.1, 0.15) is 4.70 Å². The van der Waals surface area contributed by atoms with Gasteiger partial charge in [-0.2, -0.15) is 0 Å². The summed E-state index contributed by atoms with van der Waals surface area (Å²) in [6.45, 7) is 0. The van der Waals surface area contributed by atoms with E-state index in [2.05, 4.69) is 59.6 Å². The molecule has 0 saturated carbocycles. The summed E-state index contributed by atoms with van der Waals surface area (Å²) in [5, 5.41) is 5.90. The van der Waals surface area contributed by atoms with E-state index >= 15 is 0 Å². The summed E-state index contributed by atoms with van der Waals surface area (Å²) in [5.74, 6) is 0. The Hall–Kier alpha value is -2.69. The molecule has 3 heterocycles. The molecule has 0 radical (unpaired) electrons. The van der Waals surface area contributed by atoms with Gasteiger partial charge in [-0.25, -0.2) is 0 Å². The van der Waals surface area contributed by atoms with Gasteiger partial charge in [0.2, 0.25) is 0 Å². The minimum absolute atomic E-state index is 0.00950. The first-order valence-corrected chi connectivity index (χ1v) is 9.72. The molecule has 0 unspecified atom stereocenters. The number of pyridine rings is 1. The van der Waals surface area contributed by atoms with Crippen molar-refractivity contribution in [1.82, 2.24) is 4.98 Å². The van der Waals surface area contributed by atoms with Crippen molar-refractivity contribution in [3.63, 3.8) is 0 Å². The van der Waals surface area contributed by atoms with Crippen molar-refractivity contribution >= 4 is 73.9 Å². The highest BCUT2D eigenvalue weighted by atomic mass is 32.1. The van der Waals surface area contributed by atoms with Crippen LogP contribution in [0.4, 0.5) is 0 Å². The third kappa shape index (κ3) is 1.70. The van der Waals surface area contributed by atoms with Crippen LogP contribution in [-0.2, 0) is 0 Å². The standard InChI is InChI=1S/C21H11NOS2/c23-21-20-17(19-18(25-20)13-7-3-4-8-15(13)24-19)16-12-6-2-1-5-11(12)9-10-14(16)22-21/h1-10H,(H,22,23). The molecule has 3 aromatic heterocycles. The van der Waals surface area contributed by atoms with E-state index in [-0.39, 0.29) is 5.56 Å². The van der Waals surface area contributed by atoms with E-state index in [0.717, 1.165) is 21.0 Å². The molecule has 2 nitrogen and oxygen atoms in total. The van der Waals surface area contributed by atoms with Gasteiger partial charge in [0.05, 0.1) is 9.40 Å². The van der Waals surface area contributed by atoms with E-state index in [1.54, 1.807) is 22.7 Å². The van der Waals surface area contributed by atoms with Crippen molar-refractivity contribution in [3.8, 4) is 0 Å². The van der Waals surface area contributed by atoms with Crippen LogP contribution in [0.3, 0.4) is 0 Å². The highest BCUT2D eigenvalue weighted by molar-refractivity contribution is 7.36. The maximum Gasteiger partial charge on any atom is 0.266 e. The molecule has 0 aliphatic rings. The summed E-state index contributed by atoms with van der Waals surface area (Å²) in [7, 11) is 0. The number of benzene rings is 3. The second-order valence-electron chi connectivity index (χ2n) is 6.23. The molecule has 25 heavy (non-hydrogen) atoms. The van der Waals surface area contributed by atoms with Gasteiger partial charge < -0.3 is 4.98 Å². The summed E-state index contributed by atoms with van der Waals surface area (Å²) in [4.78, 5) is 15.8. The second-order valence-corrected chi connectivity index (χ2v) is 8.30. The number of nitrogens with one attached hydrogen (secondary N) is 1. The highest BCUT2D eigenvalue weighted by Crippen LogP contribution is 2.46. The lowest BCUT2D eigenvalue weighted by Crippen LogP contribution is -2.04. The number of aromatic nitrogens is 1. The van der Waals surface area contributed by atoms with Crippen molar-refractivity contribution in [2.24, 2.45) is 0 Å². The lowest BCUT2D eigenvalue weighted by molar-refractivity contribution is 1.36. The van der Waals surface area contributed by atoms with Gasteiger partial charge in [-0.3, -0.25) is 4.79 Å². The molecule has 0 aliphatic heterocycles. The Kier molecular flexibility index (Phi) is 2.55. The quantitative estimate of drug-likeness (QED) is 0.320. The molecule has 0 atom stereocenters. The number of H-pyrrole nitrogens is 1. The zero-order valence-corrected chi connectivity index (χ0v) is 14.6. The molecule has 0 fully saturated rings. The monoisotopic (exact) mass is 357 g/mol. The fourth-order valence-electron chi connectivity index (χ4n) is 3.76. The number of rotatable bonds is 0. The Morgan fingerprint density at radius 1 is 0.680 bits per heavy atom. The number of thiophene rings is 2. The molecule has 0 amide bonds. The minimum atomic E-state index is 0.00950. The van der Waals surface area contributed by atoms with Crippen molar-refractivity contribution in [1.29, 1.82) is 0 Å². The van der Waals surface area contributed by atoms with Gasteiger partial charge in [0.25, 0.3) is 5.56 Å².